The number of carbonyl (C=O) groups is 2. The largest absolute Gasteiger partial charge is 0.383 e. The number of hydrogen-bond donors (Lipinski definition) is 0. The van der Waals surface area contributed by atoms with Gasteiger partial charge in [-0.1, -0.05) is 6.92 Å². The van der Waals surface area contributed by atoms with Gasteiger partial charge in [-0.25, -0.2) is 0 Å². The molecule has 2 aliphatic rings. The van der Waals surface area contributed by atoms with Crippen molar-refractivity contribution in [3.05, 3.63) is 17.0 Å². The summed E-state index contributed by atoms with van der Waals surface area (Å²) in [5, 5.41) is 4.56. The Labute approximate surface area is 161 Å². The van der Waals surface area contributed by atoms with Gasteiger partial charge in [-0.15, -0.1) is 0 Å². The molecule has 1 aromatic heterocycles. The number of ether oxygens (including phenoxy) is 1. The molecule has 1 atom stereocenters. The zero-order valence-electron chi connectivity index (χ0n) is 17.1. The average molecular weight is 377 g/mol. The molecule has 1 spiro atoms. The first-order valence-electron chi connectivity index (χ1n) is 10.1. The third kappa shape index (κ3) is 3.49. The smallest absolute Gasteiger partial charge is 0.248 e. The number of carbonyl (C=O) groups excluding carboxylic acids is 2. The molecule has 2 aliphatic heterocycles. The Kier molecular flexibility index (Phi) is 5.89. The number of methoxy groups -OCH3 is 1. The van der Waals surface area contributed by atoms with Crippen molar-refractivity contribution in [3.8, 4) is 0 Å². The number of piperidine rings is 1. The van der Waals surface area contributed by atoms with Crippen LogP contribution in [0.4, 0.5) is 0 Å². The van der Waals surface area contributed by atoms with E-state index in [2.05, 4.69) is 12.0 Å². The van der Waals surface area contributed by atoms with Gasteiger partial charge in [-0.2, -0.15) is 5.10 Å². The maximum atomic E-state index is 13.2. The standard InChI is InChI=1S/C20H32N4O3/c1-5-17-15(2)21-24(16(17)3)14-18(25)23-11-7-9-20(23)8-6-10-22(19(20)26)12-13-27-4/h5-14H2,1-4H3. The summed E-state index contributed by atoms with van der Waals surface area (Å²) in [6.07, 6.45) is 4.25. The molecule has 2 fully saturated rings. The summed E-state index contributed by atoms with van der Waals surface area (Å²) in [7, 11) is 1.65. The first-order valence-corrected chi connectivity index (χ1v) is 10.1. The molecule has 0 N–H and O–H groups in total. The van der Waals surface area contributed by atoms with E-state index in [9.17, 15) is 9.59 Å². The lowest BCUT2D eigenvalue weighted by molar-refractivity contribution is -0.156. The van der Waals surface area contributed by atoms with Crippen LogP contribution in [-0.2, 0) is 27.3 Å². The summed E-state index contributed by atoms with van der Waals surface area (Å²) in [6, 6.07) is 0. The Morgan fingerprint density at radius 2 is 1.93 bits per heavy atom. The van der Waals surface area contributed by atoms with E-state index in [1.54, 1.807) is 11.8 Å². The molecule has 1 unspecified atom stereocenters. The predicted molar refractivity (Wildman–Crippen MR) is 102 cm³/mol. The molecule has 1 aromatic rings. The normalized spacial score (nSPS) is 22.9. The van der Waals surface area contributed by atoms with Crippen molar-refractivity contribution < 1.29 is 14.3 Å². The molecule has 0 bridgehead atoms. The maximum Gasteiger partial charge on any atom is 0.248 e. The van der Waals surface area contributed by atoms with Gasteiger partial charge in [0.15, 0.2) is 0 Å². The van der Waals surface area contributed by atoms with Crippen LogP contribution in [0.15, 0.2) is 0 Å². The van der Waals surface area contributed by atoms with Gasteiger partial charge in [0.1, 0.15) is 12.1 Å². The molecule has 27 heavy (non-hydrogen) atoms. The Balaban J connectivity index is 1.79. The SMILES string of the molecule is CCc1c(C)nn(CC(=O)N2CCCC23CCCN(CCOC)C3=O)c1C. The van der Waals surface area contributed by atoms with Crippen molar-refractivity contribution in [3.63, 3.8) is 0 Å². The molecule has 2 saturated heterocycles. The fourth-order valence-electron chi connectivity index (χ4n) is 4.82. The van der Waals surface area contributed by atoms with E-state index in [1.807, 2.05) is 23.6 Å². The van der Waals surface area contributed by atoms with Crippen LogP contribution < -0.4 is 0 Å². The minimum atomic E-state index is -0.660. The highest BCUT2D eigenvalue weighted by molar-refractivity contribution is 5.92. The van der Waals surface area contributed by atoms with Crippen LogP contribution in [0.1, 0.15) is 49.6 Å². The van der Waals surface area contributed by atoms with Gasteiger partial charge in [0.05, 0.1) is 12.3 Å². The summed E-state index contributed by atoms with van der Waals surface area (Å²) < 4.78 is 6.95. The highest BCUT2D eigenvalue weighted by Gasteiger charge is 2.52. The molecular weight excluding hydrogens is 344 g/mol. The monoisotopic (exact) mass is 376 g/mol. The Hall–Kier alpha value is -1.89. The summed E-state index contributed by atoms with van der Waals surface area (Å²) in [5.41, 5.74) is 2.58. The second-order valence-electron chi connectivity index (χ2n) is 7.73. The van der Waals surface area contributed by atoms with E-state index >= 15 is 0 Å². The van der Waals surface area contributed by atoms with Crippen LogP contribution in [0.5, 0.6) is 0 Å². The Morgan fingerprint density at radius 3 is 2.56 bits per heavy atom. The number of nitrogens with zero attached hydrogens (tertiary/aromatic N) is 4. The van der Waals surface area contributed by atoms with Crippen molar-refractivity contribution in [1.29, 1.82) is 0 Å². The van der Waals surface area contributed by atoms with E-state index in [1.165, 1.54) is 5.56 Å². The number of rotatable bonds is 6. The van der Waals surface area contributed by atoms with Crippen LogP contribution in [0, 0.1) is 13.8 Å². The Morgan fingerprint density at radius 1 is 1.22 bits per heavy atom. The highest BCUT2D eigenvalue weighted by Crippen LogP contribution is 2.38. The molecule has 0 saturated carbocycles. The van der Waals surface area contributed by atoms with E-state index < -0.39 is 5.54 Å². The van der Waals surface area contributed by atoms with Gasteiger partial charge in [0, 0.05) is 32.4 Å². The van der Waals surface area contributed by atoms with E-state index in [0.717, 1.165) is 50.0 Å². The Bertz CT molecular complexity index is 714. The molecule has 7 nitrogen and oxygen atoms in total. The minimum absolute atomic E-state index is 0.00249. The lowest BCUT2D eigenvalue weighted by atomic mass is 9.85. The van der Waals surface area contributed by atoms with Crippen molar-refractivity contribution in [1.82, 2.24) is 19.6 Å². The van der Waals surface area contributed by atoms with E-state index in [0.29, 0.717) is 19.7 Å². The van der Waals surface area contributed by atoms with Crippen LogP contribution in [0.2, 0.25) is 0 Å². The van der Waals surface area contributed by atoms with Crippen molar-refractivity contribution in [2.45, 2.75) is 65.0 Å². The van der Waals surface area contributed by atoms with Crippen LogP contribution in [0.25, 0.3) is 0 Å². The number of hydrogen-bond acceptors (Lipinski definition) is 4. The first kappa shape index (κ1) is 19.9. The lowest BCUT2D eigenvalue weighted by Gasteiger charge is -2.44. The number of aromatic nitrogens is 2. The summed E-state index contributed by atoms with van der Waals surface area (Å²) in [6.45, 7) is 8.85. The van der Waals surface area contributed by atoms with Gasteiger partial charge >= 0.3 is 0 Å². The summed E-state index contributed by atoms with van der Waals surface area (Å²) in [5.74, 6) is 0.0990. The zero-order chi connectivity index (χ0) is 19.6. The van der Waals surface area contributed by atoms with Gasteiger partial charge < -0.3 is 14.5 Å². The second kappa shape index (κ2) is 8.00. The maximum absolute atomic E-state index is 13.2. The van der Waals surface area contributed by atoms with Gasteiger partial charge in [0.25, 0.3) is 0 Å². The highest BCUT2D eigenvalue weighted by atomic mass is 16.5. The lowest BCUT2D eigenvalue weighted by Crippen LogP contribution is -2.62. The van der Waals surface area contributed by atoms with Crippen LogP contribution in [0.3, 0.4) is 0 Å². The quantitative estimate of drug-likeness (QED) is 0.758. The van der Waals surface area contributed by atoms with Crippen molar-refractivity contribution in [2.75, 3.05) is 33.4 Å². The number of likely N-dealkylation sites (tertiary alicyclic amines) is 2. The van der Waals surface area contributed by atoms with Crippen molar-refractivity contribution in [2.24, 2.45) is 0 Å². The van der Waals surface area contributed by atoms with E-state index in [-0.39, 0.29) is 18.4 Å². The average Bonchev–Trinajstić information content (AvgIpc) is 3.18. The molecule has 3 rings (SSSR count). The van der Waals surface area contributed by atoms with Crippen LogP contribution >= 0.6 is 0 Å². The topological polar surface area (TPSA) is 67.7 Å². The zero-order valence-corrected chi connectivity index (χ0v) is 17.1. The van der Waals surface area contributed by atoms with Gasteiger partial charge in [-0.05, 0) is 51.5 Å². The van der Waals surface area contributed by atoms with E-state index in [4.69, 9.17) is 4.74 Å². The third-order valence-corrected chi connectivity index (χ3v) is 6.23. The van der Waals surface area contributed by atoms with Crippen molar-refractivity contribution >= 4 is 11.8 Å². The molecule has 0 aromatic carbocycles. The molecule has 7 heteroatoms. The second-order valence-corrected chi connectivity index (χ2v) is 7.73. The summed E-state index contributed by atoms with van der Waals surface area (Å²) in [4.78, 5) is 30.1. The summed E-state index contributed by atoms with van der Waals surface area (Å²) >= 11 is 0. The molecule has 0 radical (unpaired) electrons. The van der Waals surface area contributed by atoms with Crippen LogP contribution in [-0.4, -0.2) is 70.3 Å². The van der Waals surface area contributed by atoms with Gasteiger partial charge in [-0.3, -0.25) is 14.3 Å². The third-order valence-electron chi connectivity index (χ3n) is 6.23. The molecule has 3 heterocycles. The fraction of sp³-hybridized carbons (Fsp3) is 0.750. The number of amides is 2. The van der Waals surface area contributed by atoms with Gasteiger partial charge in [0.2, 0.25) is 11.8 Å². The first-order chi connectivity index (χ1) is 12.9. The molecule has 0 aliphatic carbocycles. The number of aryl methyl sites for hydroxylation is 1. The molecule has 150 valence electrons. The minimum Gasteiger partial charge on any atom is -0.383 e. The molecule has 2 amide bonds. The fourth-order valence-corrected chi connectivity index (χ4v) is 4.82. The molecular formula is C20H32N4O3. The predicted octanol–water partition coefficient (Wildman–Crippen LogP) is 1.69.